The van der Waals surface area contributed by atoms with Crippen LogP contribution in [0.25, 0.3) is 22.2 Å². The van der Waals surface area contributed by atoms with Crippen LogP contribution in [0.2, 0.25) is 0 Å². The van der Waals surface area contributed by atoms with Gasteiger partial charge in [-0.3, -0.25) is 0 Å². The Hall–Kier alpha value is -2.43. The lowest BCUT2D eigenvalue weighted by molar-refractivity contribution is -0.603. The zero-order chi connectivity index (χ0) is 11.8. The highest BCUT2D eigenvalue weighted by Gasteiger charge is 2.10. The van der Waals surface area contributed by atoms with E-state index in [1.807, 2.05) is 18.2 Å². The molecule has 2 aromatic heterocycles. The molecule has 0 saturated heterocycles. The Kier molecular flexibility index (Phi) is 2.04. The minimum atomic E-state index is 0.520. The second-order valence-corrected chi connectivity index (χ2v) is 3.75. The first-order valence-corrected chi connectivity index (χ1v) is 5.16. The first kappa shape index (κ1) is 9.77. The molecule has 2 heterocycles. The molecule has 0 atom stereocenters. The first-order chi connectivity index (χ1) is 8.24. The van der Waals surface area contributed by atoms with Crippen molar-refractivity contribution < 1.29 is 9.25 Å². The molecule has 0 spiro atoms. The fourth-order valence-corrected chi connectivity index (χ4v) is 1.81. The van der Waals surface area contributed by atoms with E-state index in [-0.39, 0.29) is 0 Å². The summed E-state index contributed by atoms with van der Waals surface area (Å²) in [6.45, 7) is 1.74. The van der Waals surface area contributed by atoms with E-state index in [0.717, 1.165) is 21.1 Å². The highest BCUT2D eigenvalue weighted by atomic mass is 16.5. The summed E-state index contributed by atoms with van der Waals surface area (Å²) in [6, 6.07) is 7.40. The van der Waals surface area contributed by atoms with Gasteiger partial charge >= 0.3 is 0 Å². The average Bonchev–Trinajstić information content (AvgIpc) is 2.74. The molecule has 1 aromatic carbocycles. The fourth-order valence-electron chi connectivity index (χ4n) is 1.81. The molecule has 17 heavy (non-hydrogen) atoms. The van der Waals surface area contributed by atoms with Crippen molar-refractivity contribution in [3.05, 3.63) is 47.8 Å². The number of aryl methyl sites for hydroxylation is 1. The Bertz CT molecular complexity index is 691. The van der Waals surface area contributed by atoms with Gasteiger partial charge in [0.1, 0.15) is 0 Å². The van der Waals surface area contributed by atoms with E-state index < -0.39 is 0 Å². The van der Waals surface area contributed by atoms with Crippen molar-refractivity contribution in [3.8, 4) is 11.4 Å². The van der Waals surface area contributed by atoms with Gasteiger partial charge in [-0.1, -0.05) is 17.3 Å². The molecule has 3 rings (SSSR count). The van der Waals surface area contributed by atoms with E-state index in [2.05, 4.69) is 10.1 Å². The zero-order valence-corrected chi connectivity index (χ0v) is 9.12. The molecular formula is C12H9N3O2. The first-order valence-electron chi connectivity index (χ1n) is 5.16. The average molecular weight is 227 g/mol. The van der Waals surface area contributed by atoms with Gasteiger partial charge in [0.25, 0.3) is 0 Å². The summed E-state index contributed by atoms with van der Waals surface area (Å²) < 4.78 is 5.73. The highest BCUT2D eigenvalue weighted by molar-refractivity contribution is 5.93. The Morgan fingerprint density at radius 2 is 2.18 bits per heavy atom. The van der Waals surface area contributed by atoms with E-state index in [4.69, 9.17) is 4.52 Å². The second kappa shape index (κ2) is 3.55. The number of hydrogen-bond acceptors (Lipinski definition) is 4. The van der Waals surface area contributed by atoms with Crippen LogP contribution >= 0.6 is 0 Å². The van der Waals surface area contributed by atoms with Gasteiger partial charge in [0, 0.05) is 29.3 Å². The molecule has 0 aliphatic heterocycles. The monoisotopic (exact) mass is 227 g/mol. The Labute approximate surface area is 96.9 Å². The maximum Gasteiger partial charge on any atom is 0.223 e. The number of rotatable bonds is 1. The Balaban J connectivity index is 2.30. The molecule has 0 fully saturated rings. The molecule has 3 aromatic rings. The number of pyridine rings is 1. The van der Waals surface area contributed by atoms with Crippen molar-refractivity contribution in [2.24, 2.45) is 0 Å². The smallest absolute Gasteiger partial charge is 0.223 e. The highest BCUT2D eigenvalue weighted by Crippen LogP contribution is 2.25. The molecule has 0 aliphatic carbocycles. The van der Waals surface area contributed by atoms with Gasteiger partial charge in [-0.15, -0.1) is 0 Å². The van der Waals surface area contributed by atoms with Crippen LogP contribution in [0.1, 0.15) is 5.89 Å². The summed E-state index contributed by atoms with van der Waals surface area (Å²) in [5.41, 5.74) is 0.861. The van der Waals surface area contributed by atoms with Gasteiger partial charge in [-0.05, 0) is 6.07 Å². The summed E-state index contributed by atoms with van der Waals surface area (Å²) in [5, 5.41) is 16.9. The van der Waals surface area contributed by atoms with Crippen molar-refractivity contribution in [3.63, 3.8) is 0 Å². The molecule has 0 bridgehead atoms. The lowest BCUT2D eigenvalue weighted by atomic mass is 10.1. The normalized spacial score (nSPS) is 10.9. The Morgan fingerprint density at radius 3 is 2.94 bits per heavy atom. The quantitative estimate of drug-likeness (QED) is 0.470. The minimum Gasteiger partial charge on any atom is -0.619 e. The summed E-state index contributed by atoms with van der Waals surface area (Å²) in [7, 11) is 0. The number of fused-ring (bicyclic) bond motifs is 1. The third-order valence-corrected chi connectivity index (χ3v) is 2.56. The van der Waals surface area contributed by atoms with Crippen molar-refractivity contribution in [1.82, 2.24) is 10.1 Å². The van der Waals surface area contributed by atoms with Crippen LogP contribution in [0.4, 0.5) is 0 Å². The van der Waals surface area contributed by atoms with E-state index in [0.29, 0.717) is 11.7 Å². The van der Waals surface area contributed by atoms with Crippen LogP contribution < -0.4 is 4.73 Å². The summed E-state index contributed by atoms with van der Waals surface area (Å²) in [4.78, 5) is 4.19. The maximum absolute atomic E-state index is 11.2. The van der Waals surface area contributed by atoms with Crippen LogP contribution in [0.15, 0.2) is 41.2 Å². The van der Waals surface area contributed by atoms with Gasteiger partial charge in [0.2, 0.25) is 11.7 Å². The van der Waals surface area contributed by atoms with Crippen LogP contribution in [-0.2, 0) is 0 Å². The van der Waals surface area contributed by atoms with Crippen molar-refractivity contribution >= 4 is 10.8 Å². The molecule has 0 radical (unpaired) electrons. The van der Waals surface area contributed by atoms with Crippen molar-refractivity contribution in [1.29, 1.82) is 0 Å². The predicted molar refractivity (Wildman–Crippen MR) is 60.9 cm³/mol. The number of benzene rings is 1. The van der Waals surface area contributed by atoms with Crippen LogP contribution in [-0.4, -0.2) is 10.1 Å². The van der Waals surface area contributed by atoms with E-state index >= 15 is 0 Å². The van der Waals surface area contributed by atoms with E-state index in [1.54, 1.807) is 13.0 Å². The molecule has 5 heteroatoms. The largest absolute Gasteiger partial charge is 0.619 e. The topological polar surface area (TPSA) is 65.9 Å². The Morgan fingerprint density at radius 1 is 1.29 bits per heavy atom. The number of nitrogens with zero attached hydrogens (tertiary/aromatic N) is 3. The SMILES string of the molecule is Cc1nc(-c2cccc3c[n+]([O-])ccc23)no1. The third kappa shape index (κ3) is 1.61. The van der Waals surface area contributed by atoms with Crippen molar-refractivity contribution in [2.45, 2.75) is 6.92 Å². The fraction of sp³-hybridized carbons (Fsp3) is 0.0833. The standard InChI is InChI=1S/C12H9N3O2/c1-8-13-12(14-17-8)11-4-2-3-9-7-15(16)6-5-10(9)11/h2-7H,1H3. The van der Waals surface area contributed by atoms with Crippen LogP contribution in [0.3, 0.4) is 0 Å². The maximum atomic E-state index is 11.2. The van der Waals surface area contributed by atoms with Gasteiger partial charge in [0.05, 0.1) is 0 Å². The molecule has 84 valence electrons. The lowest BCUT2D eigenvalue weighted by Crippen LogP contribution is -2.23. The molecule has 0 aliphatic rings. The van der Waals surface area contributed by atoms with Crippen molar-refractivity contribution in [2.75, 3.05) is 0 Å². The summed E-state index contributed by atoms with van der Waals surface area (Å²) >= 11 is 0. The predicted octanol–water partition coefficient (Wildman–Crippen LogP) is 1.83. The van der Waals surface area contributed by atoms with E-state index in [9.17, 15) is 5.21 Å². The molecule has 0 unspecified atom stereocenters. The third-order valence-electron chi connectivity index (χ3n) is 2.56. The second-order valence-electron chi connectivity index (χ2n) is 3.75. The summed E-state index contributed by atoms with van der Waals surface area (Å²) in [5.74, 6) is 1.06. The zero-order valence-electron chi connectivity index (χ0n) is 9.12. The number of hydrogen-bond donors (Lipinski definition) is 0. The van der Waals surface area contributed by atoms with Crippen LogP contribution in [0, 0.1) is 12.1 Å². The molecule has 0 saturated carbocycles. The summed E-state index contributed by atoms with van der Waals surface area (Å²) in [6.07, 6.45) is 2.98. The minimum absolute atomic E-state index is 0.520. The van der Waals surface area contributed by atoms with Crippen LogP contribution in [0.5, 0.6) is 0 Å². The van der Waals surface area contributed by atoms with Gasteiger partial charge in [0.15, 0.2) is 12.4 Å². The molecule has 0 amide bonds. The van der Waals surface area contributed by atoms with Gasteiger partial charge in [-0.2, -0.15) is 9.71 Å². The molecule has 0 N–H and O–H groups in total. The number of aromatic nitrogens is 3. The van der Waals surface area contributed by atoms with Gasteiger partial charge in [-0.25, -0.2) is 0 Å². The van der Waals surface area contributed by atoms with Gasteiger partial charge < -0.3 is 9.73 Å². The lowest BCUT2D eigenvalue weighted by Gasteiger charge is -2.02. The molecule has 5 nitrogen and oxygen atoms in total. The van der Waals surface area contributed by atoms with E-state index in [1.165, 1.54) is 12.4 Å². The molecular weight excluding hydrogens is 218 g/mol.